The minimum Gasteiger partial charge on any atom is -0.370 e. The van der Waals surface area contributed by atoms with Crippen molar-refractivity contribution in [3.8, 4) is 5.82 Å². The monoisotopic (exact) mass is 245 g/mol. The maximum absolute atomic E-state index is 4.49. The van der Waals surface area contributed by atoms with E-state index in [0.717, 1.165) is 42.5 Å². The molecule has 0 saturated carbocycles. The quantitative estimate of drug-likeness (QED) is 0.878. The first kappa shape index (κ1) is 12.5. The molecule has 5 heteroatoms. The smallest absolute Gasteiger partial charge is 0.159 e. The lowest BCUT2D eigenvalue weighted by Gasteiger charge is -2.08. The zero-order valence-corrected chi connectivity index (χ0v) is 11.1. The summed E-state index contributed by atoms with van der Waals surface area (Å²) in [5, 5.41) is 7.67. The molecule has 5 nitrogen and oxygen atoms in total. The van der Waals surface area contributed by atoms with Gasteiger partial charge in [-0.2, -0.15) is 5.10 Å². The van der Waals surface area contributed by atoms with Crippen molar-refractivity contribution < 1.29 is 0 Å². The molecule has 2 rings (SSSR count). The van der Waals surface area contributed by atoms with Crippen LogP contribution in [0.25, 0.3) is 5.82 Å². The number of aromatic nitrogens is 4. The number of hydrogen-bond acceptors (Lipinski definition) is 4. The molecule has 0 amide bonds. The highest BCUT2D eigenvalue weighted by Crippen LogP contribution is 2.11. The molecule has 2 heterocycles. The van der Waals surface area contributed by atoms with Gasteiger partial charge in [-0.05, 0) is 19.4 Å². The molecule has 0 aromatic carbocycles. The Morgan fingerprint density at radius 3 is 2.72 bits per heavy atom. The lowest BCUT2D eigenvalue weighted by molar-refractivity contribution is 0.802. The highest BCUT2D eigenvalue weighted by Gasteiger charge is 2.05. The summed E-state index contributed by atoms with van der Waals surface area (Å²) in [5.74, 6) is 2.51. The SMILES string of the molecule is CCCNc1cc(-n2ccc(C)n2)nc(CC)n1. The van der Waals surface area contributed by atoms with Crippen LogP contribution in [0.2, 0.25) is 0 Å². The third-order valence-electron chi connectivity index (χ3n) is 2.59. The van der Waals surface area contributed by atoms with Crippen molar-refractivity contribution in [2.24, 2.45) is 0 Å². The molecular weight excluding hydrogens is 226 g/mol. The Hall–Kier alpha value is -1.91. The molecule has 0 aliphatic rings. The number of nitrogens with one attached hydrogen (secondary N) is 1. The molecular formula is C13H19N5. The first-order valence-electron chi connectivity index (χ1n) is 6.37. The highest BCUT2D eigenvalue weighted by molar-refractivity contribution is 5.41. The van der Waals surface area contributed by atoms with Gasteiger partial charge in [-0.3, -0.25) is 0 Å². The zero-order valence-electron chi connectivity index (χ0n) is 11.1. The molecule has 18 heavy (non-hydrogen) atoms. The van der Waals surface area contributed by atoms with E-state index in [-0.39, 0.29) is 0 Å². The van der Waals surface area contributed by atoms with Gasteiger partial charge in [0.25, 0.3) is 0 Å². The van der Waals surface area contributed by atoms with Crippen LogP contribution in [0.1, 0.15) is 31.8 Å². The molecule has 0 aliphatic carbocycles. The lowest BCUT2D eigenvalue weighted by atomic mass is 10.4. The largest absolute Gasteiger partial charge is 0.370 e. The molecule has 0 spiro atoms. The average Bonchev–Trinajstić information content (AvgIpc) is 2.82. The molecule has 0 radical (unpaired) electrons. The van der Waals surface area contributed by atoms with Crippen molar-refractivity contribution in [3.05, 3.63) is 29.8 Å². The summed E-state index contributed by atoms with van der Waals surface area (Å²) in [7, 11) is 0. The first-order chi connectivity index (χ1) is 8.72. The van der Waals surface area contributed by atoms with Gasteiger partial charge < -0.3 is 5.32 Å². The third-order valence-corrected chi connectivity index (χ3v) is 2.59. The van der Waals surface area contributed by atoms with Crippen LogP contribution in [-0.4, -0.2) is 26.3 Å². The molecule has 0 fully saturated rings. The predicted molar refractivity (Wildman–Crippen MR) is 72.0 cm³/mol. The topological polar surface area (TPSA) is 55.6 Å². The summed E-state index contributed by atoms with van der Waals surface area (Å²) in [6.07, 6.45) is 3.80. The molecule has 0 bridgehead atoms. The van der Waals surface area contributed by atoms with Crippen LogP contribution in [0, 0.1) is 6.92 Å². The van der Waals surface area contributed by atoms with Gasteiger partial charge in [-0.1, -0.05) is 13.8 Å². The van der Waals surface area contributed by atoms with E-state index >= 15 is 0 Å². The minimum absolute atomic E-state index is 0.813. The average molecular weight is 245 g/mol. The van der Waals surface area contributed by atoms with Gasteiger partial charge in [-0.25, -0.2) is 14.6 Å². The second kappa shape index (κ2) is 5.62. The fourth-order valence-corrected chi connectivity index (χ4v) is 1.64. The molecule has 1 N–H and O–H groups in total. The Labute approximate surface area is 107 Å². The van der Waals surface area contributed by atoms with E-state index in [1.807, 2.05) is 25.3 Å². The fraction of sp³-hybridized carbons (Fsp3) is 0.462. The molecule has 0 unspecified atom stereocenters. The Morgan fingerprint density at radius 2 is 2.11 bits per heavy atom. The third kappa shape index (κ3) is 2.85. The molecule has 2 aromatic heterocycles. The van der Waals surface area contributed by atoms with Crippen molar-refractivity contribution in [1.82, 2.24) is 19.7 Å². The Bertz CT molecular complexity index is 518. The number of aryl methyl sites for hydroxylation is 2. The number of anilines is 1. The molecule has 0 saturated heterocycles. The standard InChI is InChI=1S/C13H19N5/c1-4-7-14-12-9-13(16-11(5-2)15-12)18-8-6-10(3)17-18/h6,8-9H,4-5,7H2,1-3H3,(H,14,15,16). The lowest BCUT2D eigenvalue weighted by Crippen LogP contribution is -2.08. The predicted octanol–water partition coefficient (Wildman–Crippen LogP) is 2.36. The van der Waals surface area contributed by atoms with Crippen LogP contribution in [0.3, 0.4) is 0 Å². The van der Waals surface area contributed by atoms with E-state index in [4.69, 9.17) is 0 Å². The van der Waals surface area contributed by atoms with Crippen molar-refractivity contribution in [1.29, 1.82) is 0 Å². The molecule has 0 atom stereocenters. The summed E-state index contributed by atoms with van der Waals surface area (Å²) >= 11 is 0. The summed E-state index contributed by atoms with van der Waals surface area (Å²) in [4.78, 5) is 8.95. The maximum Gasteiger partial charge on any atom is 0.159 e. The molecule has 0 aliphatic heterocycles. The molecule has 96 valence electrons. The summed E-state index contributed by atoms with van der Waals surface area (Å²) in [6.45, 7) is 7.07. The van der Waals surface area contributed by atoms with Crippen molar-refractivity contribution in [2.75, 3.05) is 11.9 Å². The Balaban J connectivity index is 2.34. The van der Waals surface area contributed by atoms with Crippen molar-refractivity contribution in [3.63, 3.8) is 0 Å². The van der Waals surface area contributed by atoms with E-state index in [1.54, 1.807) is 4.68 Å². The number of nitrogens with zero attached hydrogens (tertiary/aromatic N) is 4. The second-order valence-electron chi connectivity index (χ2n) is 4.21. The van der Waals surface area contributed by atoms with Gasteiger partial charge >= 0.3 is 0 Å². The van der Waals surface area contributed by atoms with Crippen LogP contribution in [0.4, 0.5) is 5.82 Å². The van der Waals surface area contributed by atoms with Gasteiger partial charge in [0.1, 0.15) is 11.6 Å². The summed E-state index contributed by atoms with van der Waals surface area (Å²) < 4.78 is 1.79. The first-order valence-corrected chi connectivity index (χ1v) is 6.37. The van der Waals surface area contributed by atoms with Gasteiger partial charge in [-0.15, -0.1) is 0 Å². The van der Waals surface area contributed by atoms with Crippen LogP contribution in [0.15, 0.2) is 18.3 Å². The van der Waals surface area contributed by atoms with Gasteiger partial charge in [0.15, 0.2) is 5.82 Å². The van der Waals surface area contributed by atoms with Crippen LogP contribution in [-0.2, 0) is 6.42 Å². The number of rotatable bonds is 5. The van der Waals surface area contributed by atoms with Gasteiger partial charge in [0.2, 0.25) is 0 Å². The van der Waals surface area contributed by atoms with Crippen LogP contribution >= 0.6 is 0 Å². The van der Waals surface area contributed by atoms with E-state index in [2.05, 4.69) is 34.2 Å². The highest BCUT2D eigenvalue weighted by atomic mass is 15.3. The van der Waals surface area contributed by atoms with Crippen LogP contribution < -0.4 is 5.32 Å². The van der Waals surface area contributed by atoms with E-state index in [0.29, 0.717) is 0 Å². The molecule has 2 aromatic rings. The van der Waals surface area contributed by atoms with Crippen LogP contribution in [0.5, 0.6) is 0 Å². The summed E-state index contributed by atoms with van der Waals surface area (Å²) in [5.41, 5.74) is 0.981. The second-order valence-corrected chi connectivity index (χ2v) is 4.21. The minimum atomic E-state index is 0.813. The van der Waals surface area contributed by atoms with E-state index in [9.17, 15) is 0 Å². The van der Waals surface area contributed by atoms with Gasteiger partial charge in [0.05, 0.1) is 5.69 Å². The maximum atomic E-state index is 4.49. The fourth-order valence-electron chi connectivity index (χ4n) is 1.64. The van der Waals surface area contributed by atoms with Crippen molar-refractivity contribution >= 4 is 5.82 Å². The normalized spacial score (nSPS) is 10.6. The van der Waals surface area contributed by atoms with Crippen molar-refractivity contribution in [2.45, 2.75) is 33.6 Å². The number of hydrogen-bond donors (Lipinski definition) is 1. The Kier molecular flexibility index (Phi) is 3.92. The Morgan fingerprint density at radius 1 is 1.28 bits per heavy atom. The van der Waals surface area contributed by atoms with E-state index < -0.39 is 0 Å². The van der Waals surface area contributed by atoms with E-state index in [1.165, 1.54) is 0 Å². The summed E-state index contributed by atoms with van der Waals surface area (Å²) in [6, 6.07) is 3.90. The zero-order chi connectivity index (χ0) is 13.0. The van der Waals surface area contributed by atoms with Gasteiger partial charge in [0, 0.05) is 25.2 Å².